The molecule has 1 amide bonds. The van der Waals surface area contributed by atoms with Crippen LogP contribution in [0.3, 0.4) is 0 Å². The minimum Gasteiger partial charge on any atom is -0.481 e. The molecule has 0 atom stereocenters. The summed E-state index contributed by atoms with van der Waals surface area (Å²) in [4.78, 5) is 24.7. The topological polar surface area (TPSA) is 75.4 Å². The van der Waals surface area contributed by atoms with E-state index in [4.69, 9.17) is 5.11 Å². The van der Waals surface area contributed by atoms with Crippen molar-refractivity contribution in [1.29, 1.82) is 0 Å². The lowest BCUT2D eigenvalue weighted by molar-refractivity contribution is -0.137. The molecule has 1 aromatic carbocycles. The van der Waals surface area contributed by atoms with Crippen molar-refractivity contribution >= 4 is 11.9 Å². The van der Waals surface area contributed by atoms with Gasteiger partial charge in [0.1, 0.15) is 0 Å². The lowest BCUT2D eigenvalue weighted by atomic mass is 10.2. The van der Waals surface area contributed by atoms with Crippen LogP contribution in [0.5, 0.6) is 0 Å². The number of hydrogen-bond acceptors (Lipinski definition) is 3. The van der Waals surface area contributed by atoms with Crippen LogP contribution in [0.2, 0.25) is 0 Å². The van der Waals surface area contributed by atoms with E-state index < -0.39 is 5.97 Å². The summed E-state index contributed by atoms with van der Waals surface area (Å²) in [5, 5.41) is 13.1. The van der Waals surface area contributed by atoms with Crippen molar-refractivity contribution in [1.82, 2.24) is 14.7 Å². The average molecular weight is 301 g/mol. The highest BCUT2D eigenvalue weighted by Crippen LogP contribution is 2.14. The van der Waals surface area contributed by atoms with Gasteiger partial charge in [0.05, 0.1) is 23.4 Å². The molecule has 1 heterocycles. The Morgan fingerprint density at radius 1 is 1.27 bits per heavy atom. The number of carbonyl (C=O) groups is 2. The fraction of sp³-hybridized carbons (Fsp3) is 0.312. The quantitative estimate of drug-likeness (QED) is 0.886. The van der Waals surface area contributed by atoms with E-state index in [-0.39, 0.29) is 18.9 Å². The number of rotatable bonds is 6. The highest BCUT2D eigenvalue weighted by atomic mass is 16.4. The van der Waals surface area contributed by atoms with E-state index in [1.165, 1.54) is 4.90 Å². The zero-order valence-electron chi connectivity index (χ0n) is 12.7. The molecule has 1 N–H and O–H groups in total. The summed E-state index contributed by atoms with van der Waals surface area (Å²) in [6, 6.07) is 9.53. The van der Waals surface area contributed by atoms with Gasteiger partial charge in [0.15, 0.2) is 0 Å². The van der Waals surface area contributed by atoms with Gasteiger partial charge in [0, 0.05) is 19.3 Å². The molecule has 2 aromatic rings. The first-order valence-corrected chi connectivity index (χ1v) is 7.15. The molecule has 6 nitrogen and oxygen atoms in total. The number of nitrogens with zero attached hydrogens (tertiary/aromatic N) is 3. The molecule has 0 unspecified atom stereocenters. The monoisotopic (exact) mass is 301 g/mol. The molecule has 0 bridgehead atoms. The van der Waals surface area contributed by atoms with Crippen molar-refractivity contribution in [2.75, 3.05) is 13.1 Å². The van der Waals surface area contributed by atoms with Gasteiger partial charge < -0.3 is 10.0 Å². The van der Waals surface area contributed by atoms with Crippen molar-refractivity contribution in [3.63, 3.8) is 0 Å². The van der Waals surface area contributed by atoms with Crippen LogP contribution in [0.1, 0.15) is 29.4 Å². The standard InChI is InChI=1S/C16H19N3O3/c1-3-18(10-9-15(20)21)16(22)14-11-19(17-12(14)2)13-7-5-4-6-8-13/h4-8,11H,3,9-10H2,1-2H3,(H,20,21). The predicted octanol–water partition coefficient (Wildman–Crippen LogP) is 2.12. The van der Waals surface area contributed by atoms with Crippen LogP contribution in [0.25, 0.3) is 5.69 Å². The SMILES string of the molecule is CCN(CCC(=O)O)C(=O)c1cn(-c2ccccc2)nc1C. The normalized spacial score (nSPS) is 10.5. The van der Waals surface area contributed by atoms with E-state index in [0.29, 0.717) is 17.8 Å². The maximum atomic E-state index is 12.5. The first kappa shape index (κ1) is 15.8. The third-order valence-corrected chi connectivity index (χ3v) is 3.41. The Morgan fingerprint density at radius 3 is 2.55 bits per heavy atom. The molecule has 116 valence electrons. The molecular formula is C16H19N3O3. The van der Waals surface area contributed by atoms with Crippen LogP contribution in [-0.2, 0) is 4.79 Å². The number of carboxylic acid groups (broad SMARTS) is 1. The van der Waals surface area contributed by atoms with E-state index in [1.807, 2.05) is 37.3 Å². The molecule has 0 aliphatic rings. The fourth-order valence-corrected chi connectivity index (χ4v) is 2.19. The van der Waals surface area contributed by atoms with Crippen molar-refractivity contribution in [3.05, 3.63) is 47.8 Å². The maximum absolute atomic E-state index is 12.5. The maximum Gasteiger partial charge on any atom is 0.305 e. The third kappa shape index (κ3) is 3.52. The van der Waals surface area contributed by atoms with Gasteiger partial charge in [-0.3, -0.25) is 9.59 Å². The van der Waals surface area contributed by atoms with Gasteiger partial charge >= 0.3 is 5.97 Å². The van der Waals surface area contributed by atoms with E-state index in [0.717, 1.165) is 5.69 Å². The number of hydrogen-bond donors (Lipinski definition) is 1. The number of para-hydroxylation sites is 1. The highest BCUT2D eigenvalue weighted by molar-refractivity contribution is 5.95. The lowest BCUT2D eigenvalue weighted by Gasteiger charge is -2.19. The number of benzene rings is 1. The number of aliphatic carboxylic acids is 1. The fourth-order valence-electron chi connectivity index (χ4n) is 2.19. The van der Waals surface area contributed by atoms with E-state index in [9.17, 15) is 9.59 Å². The third-order valence-electron chi connectivity index (χ3n) is 3.41. The zero-order valence-corrected chi connectivity index (χ0v) is 12.7. The van der Waals surface area contributed by atoms with Crippen LogP contribution in [0.4, 0.5) is 0 Å². The Hall–Kier alpha value is -2.63. The van der Waals surface area contributed by atoms with Crippen molar-refractivity contribution in [2.24, 2.45) is 0 Å². The Labute approximate surface area is 129 Å². The van der Waals surface area contributed by atoms with Gasteiger partial charge in [-0.15, -0.1) is 0 Å². The highest BCUT2D eigenvalue weighted by Gasteiger charge is 2.20. The summed E-state index contributed by atoms with van der Waals surface area (Å²) < 4.78 is 1.66. The minimum absolute atomic E-state index is 0.0640. The summed E-state index contributed by atoms with van der Waals surface area (Å²) in [5.41, 5.74) is 2.00. The average Bonchev–Trinajstić information content (AvgIpc) is 2.90. The van der Waals surface area contributed by atoms with Gasteiger partial charge in [-0.2, -0.15) is 5.10 Å². The molecule has 2 rings (SSSR count). The molecule has 1 aromatic heterocycles. The molecule has 0 radical (unpaired) electrons. The molecular weight excluding hydrogens is 282 g/mol. The first-order valence-electron chi connectivity index (χ1n) is 7.15. The number of carboxylic acids is 1. The summed E-state index contributed by atoms with van der Waals surface area (Å²) in [6.07, 6.45) is 1.63. The number of carbonyl (C=O) groups excluding carboxylic acids is 1. The molecule has 0 saturated carbocycles. The van der Waals surface area contributed by atoms with Crippen molar-refractivity contribution in [3.8, 4) is 5.69 Å². The molecule has 0 saturated heterocycles. The Morgan fingerprint density at radius 2 is 1.95 bits per heavy atom. The first-order chi connectivity index (χ1) is 10.5. The van der Waals surface area contributed by atoms with E-state index in [2.05, 4.69) is 5.10 Å². The second kappa shape index (κ2) is 6.89. The van der Waals surface area contributed by atoms with Crippen LogP contribution in [-0.4, -0.2) is 44.8 Å². The molecule has 22 heavy (non-hydrogen) atoms. The van der Waals surface area contributed by atoms with Crippen LogP contribution in [0, 0.1) is 6.92 Å². The summed E-state index contributed by atoms with van der Waals surface area (Å²) >= 11 is 0. The number of amides is 1. The molecule has 0 fully saturated rings. The molecule has 0 spiro atoms. The number of aryl methyl sites for hydroxylation is 1. The summed E-state index contributed by atoms with van der Waals surface area (Å²) in [6.45, 7) is 4.26. The Bertz CT molecular complexity index is 665. The second-order valence-corrected chi connectivity index (χ2v) is 4.94. The van der Waals surface area contributed by atoms with E-state index in [1.54, 1.807) is 17.8 Å². The largest absolute Gasteiger partial charge is 0.481 e. The van der Waals surface area contributed by atoms with Gasteiger partial charge in [0.2, 0.25) is 0 Å². The van der Waals surface area contributed by atoms with Crippen molar-refractivity contribution in [2.45, 2.75) is 20.3 Å². The van der Waals surface area contributed by atoms with Gasteiger partial charge in [-0.05, 0) is 26.0 Å². The predicted molar refractivity (Wildman–Crippen MR) is 82.1 cm³/mol. The smallest absolute Gasteiger partial charge is 0.305 e. The Balaban J connectivity index is 2.22. The zero-order chi connectivity index (χ0) is 16.1. The van der Waals surface area contributed by atoms with Crippen LogP contribution in [0.15, 0.2) is 36.5 Å². The summed E-state index contributed by atoms with van der Waals surface area (Å²) in [5.74, 6) is -1.11. The molecule has 0 aliphatic heterocycles. The lowest BCUT2D eigenvalue weighted by Crippen LogP contribution is -2.33. The second-order valence-electron chi connectivity index (χ2n) is 4.94. The Kier molecular flexibility index (Phi) is 4.93. The van der Waals surface area contributed by atoms with Gasteiger partial charge in [-0.25, -0.2) is 4.68 Å². The van der Waals surface area contributed by atoms with Crippen LogP contribution >= 0.6 is 0 Å². The van der Waals surface area contributed by atoms with Crippen molar-refractivity contribution < 1.29 is 14.7 Å². The minimum atomic E-state index is -0.914. The molecule has 6 heteroatoms. The van der Waals surface area contributed by atoms with Gasteiger partial charge in [0.25, 0.3) is 5.91 Å². The van der Waals surface area contributed by atoms with E-state index >= 15 is 0 Å². The van der Waals surface area contributed by atoms with Gasteiger partial charge in [-0.1, -0.05) is 18.2 Å². The molecule has 0 aliphatic carbocycles. The number of aromatic nitrogens is 2. The summed E-state index contributed by atoms with van der Waals surface area (Å²) in [7, 11) is 0. The van der Waals surface area contributed by atoms with Crippen LogP contribution < -0.4 is 0 Å².